The lowest BCUT2D eigenvalue weighted by Crippen LogP contribution is -2.19. The summed E-state index contributed by atoms with van der Waals surface area (Å²) in [6.07, 6.45) is 1.73. The molecular weight excluding hydrogens is 484 g/mol. The zero-order valence-electron chi connectivity index (χ0n) is 13.6. The van der Waals surface area contributed by atoms with E-state index in [0.29, 0.717) is 36.9 Å². The highest BCUT2D eigenvalue weighted by molar-refractivity contribution is 9.13. The lowest BCUT2D eigenvalue weighted by molar-refractivity contribution is -0.115. The molecule has 1 aliphatic rings. The molecule has 8 heteroatoms. The Bertz CT molecular complexity index is 914. The molecule has 1 aliphatic heterocycles. The Hall–Kier alpha value is -1.77. The molecule has 0 radical (unpaired) electrons. The van der Waals surface area contributed by atoms with Crippen LogP contribution in [0.25, 0.3) is 6.08 Å². The molecule has 0 saturated carbocycles. The van der Waals surface area contributed by atoms with Gasteiger partial charge in [-0.05, 0) is 80.4 Å². The monoisotopic (exact) mass is 496 g/mol. The molecule has 0 aromatic heterocycles. The second kappa shape index (κ2) is 8.28. The van der Waals surface area contributed by atoms with E-state index in [9.17, 15) is 9.90 Å². The number of para-hydroxylation sites is 1. The number of amides is 1. The van der Waals surface area contributed by atoms with Crippen molar-refractivity contribution in [1.29, 1.82) is 0 Å². The fourth-order valence-corrected chi connectivity index (χ4v) is 3.90. The molecule has 0 unspecified atom stereocenters. The van der Waals surface area contributed by atoms with Gasteiger partial charge in [0.1, 0.15) is 0 Å². The van der Waals surface area contributed by atoms with Gasteiger partial charge in [0.25, 0.3) is 5.91 Å². The van der Waals surface area contributed by atoms with Crippen LogP contribution in [0.15, 0.2) is 55.2 Å². The molecule has 2 aromatic carbocycles. The highest BCUT2D eigenvalue weighted by Gasteiger charge is 2.25. The highest BCUT2D eigenvalue weighted by atomic mass is 79.9. The second-order valence-corrected chi connectivity index (χ2v) is 7.81. The maximum absolute atomic E-state index is 12.3. The summed E-state index contributed by atoms with van der Waals surface area (Å²) in [6.45, 7) is 2.25. The van der Waals surface area contributed by atoms with E-state index in [1.165, 1.54) is 11.8 Å². The van der Waals surface area contributed by atoms with Gasteiger partial charge in [-0.2, -0.15) is 0 Å². The van der Waals surface area contributed by atoms with E-state index in [0.717, 1.165) is 5.69 Å². The van der Waals surface area contributed by atoms with Crippen molar-refractivity contribution in [3.63, 3.8) is 0 Å². The van der Waals surface area contributed by atoms with Crippen molar-refractivity contribution < 1.29 is 14.6 Å². The minimum atomic E-state index is -0.223. The summed E-state index contributed by atoms with van der Waals surface area (Å²) in [6, 6.07) is 11.1. The third kappa shape index (κ3) is 4.13. The molecule has 1 amide bonds. The number of nitrogens with zero attached hydrogens (tertiary/aromatic N) is 1. The topological polar surface area (TPSA) is 70.9 Å². The molecular formula is C18H14Br2N2O3S. The number of halogens is 2. The lowest BCUT2D eigenvalue weighted by Gasteiger charge is -2.11. The van der Waals surface area contributed by atoms with Gasteiger partial charge in [0.2, 0.25) is 0 Å². The number of phenolic OH excluding ortho intramolecular Hbond substituents is 1. The summed E-state index contributed by atoms with van der Waals surface area (Å²) in [4.78, 5) is 17.2. The Morgan fingerprint density at radius 1 is 1.27 bits per heavy atom. The number of aliphatic imine (C=N–C) groups is 1. The van der Waals surface area contributed by atoms with Gasteiger partial charge >= 0.3 is 0 Å². The number of nitrogens with one attached hydrogen (secondary N) is 1. The van der Waals surface area contributed by atoms with Crippen LogP contribution < -0.4 is 10.1 Å². The van der Waals surface area contributed by atoms with Crippen LogP contribution in [0.2, 0.25) is 0 Å². The van der Waals surface area contributed by atoms with Gasteiger partial charge in [-0.1, -0.05) is 18.2 Å². The predicted octanol–water partition coefficient (Wildman–Crippen LogP) is 5.21. The number of hydrogen-bond donors (Lipinski definition) is 2. The normalized spacial score (nSPS) is 17.0. The second-order valence-electron chi connectivity index (χ2n) is 5.19. The van der Waals surface area contributed by atoms with Crippen LogP contribution in [-0.2, 0) is 4.79 Å². The Kier molecular flexibility index (Phi) is 6.05. The van der Waals surface area contributed by atoms with Crippen molar-refractivity contribution in [3.05, 3.63) is 55.8 Å². The van der Waals surface area contributed by atoms with Gasteiger partial charge < -0.3 is 15.2 Å². The minimum absolute atomic E-state index is 0.00994. The Morgan fingerprint density at radius 3 is 2.69 bits per heavy atom. The molecule has 134 valence electrons. The molecule has 26 heavy (non-hydrogen) atoms. The SMILES string of the molecule is CCOc1cc(/C=C2/SC(=Nc3ccccc3)NC2=O)c(Br)c(Br)c1O. The van der Waals surface area contributed by atoms with E-state index >= 15 is 0 Å². The van der Waals surface area contributed by atoms with Crippen LogP contribution in [0.3, 0.4) is 0 Å². The summed E-state index contributed by atoms with van der Waals surface area (Å²) in [5.74, 6) is 0.130. The van der Waals surface area contributed by atoms with Gasteiger partial charge in [0.15, 0.2) is 16.7 Å². The first-order valence-electron chi connectivity index (χ1n) is 7.68. The highest BCUT2D eigenvalue weighted by Crippen LogP contribution is 2.43. The molecule has 0 atom stereocenters. The fraction of sp³-hybridized carbons (Fsp3) is 0.111. The van der Waals surface area contributed by atoms with Crippen molar-refractivity contribution in [2.75, 3.05) is 6.61 Å². The van der Waals surface area contributed by atoms with Crippen molar-refractivity contribution in [2.24, 2.45) is 4.99 Å². The quantitative estimate of drug-likeness (QED) is 0.569. The van der Waals surface area contributed by atoms with E-state index in [4.69, 9.17) is 4.74 Å². The third-order valence-electron chi connectivity index (χ3n) is 3.40. The van der Waals surface area contributed by atoms with Crippen molar-refractivity contribution in [2.45, 2.75) is 6.92 Å². The van der Waals surface area contributed by atoms with E-state index in [2.05, 4.69) is 42.2 Å². The number of phenols is 1. The number of benzene rings is 2. The van der Waals surface area contributed by atoms with Crippen LogP contribution in [0, 0.1) is 0 Å². The summed E-state index contributed by atoms with van der Waals surface area (Å²) >= 11 is 8.03. The first-order valence-corrected chi connectivity index (χ1v) is 10.1. The maximum atomic E-state index is 12.3. The van der Waals surface area contributed by atoms with Crippen molar-refractivity contribution in [1.82, 2.24) is 5.32 Å². The molecule has 1 saturated heterocycles. The smallest absolute Gasteiger partial charge is 0.264 e. The zero-order valence-corrected chi connectivity index (χ0v) is 17.6. The molecule has 2 aromatic rings. The van der Waals surface area contributed by atoms with Gasteiger partial charge in [-0.15, -0.1) is 0 Å². The number of carbonyl (C=O) groups excluding carboxylic acids is 1. The molecule has 0 aliphatic carbocycles. The fourth-order valence-electron chi connectivity index (χ4n) is 2.22. The van der Waals surface area contributed by atoms with E-state index in [1.54, 1.807) is 12.1 Å². The van der Waals surface area contributed by atoms with Crippen LogP contribution in [0.5, 0.6) is 11.5 Å². The summed E-state index contributed by atoms with van der Waals surface area (Å²) < 4.78 is 6.54. The van der Waals surface area contributed by atoms with Crippen LogP contribution in [-0.4, -0.2) is 22.8 Å². The molecule has 1 fully saturated rings. The maximum Gasteiger partial charge on any atom is 0.264 e. The Morgan fingerprint density at radius 2 is 2.00 bits per heavy atom. The average molecular weight is 498 g/mol. The number of hydrogen-bond acceptors (Lipinski definition) is 5. The molecule has 2 N–H and O–H groups in total. The Labute approximate surface area is 171 Å². The first-order chi connectivity index (χ1) is 12.5. The molecule has 0 bridgehead atoms. The van der Waals surface area contributed by atoms with Gasteiger partial charge in [-0.25, -0.2) is 4.99 Å². The zero-order chi connectivity index (χ0) is 18.7. The van der Waals surface area contributed by atoms with Gasteiger partial charge in [-0.3, -0.25) is 4.79 Å². The number of ether oxygens (including phenoxy) is 1. The number of thioether (sulfide) groups is 1. The number of amidine groups is 1. The van der Waals surface area contributed by atoms with Crippen LogP contribution >= 0.6 is 43.6 Å². The van der Waals surface area contributed by atoms with E-state index in [-0.39, 0.29) is 11.7 Å². The Balaban J connectivity index is 1.93. The predicted molar refractivity (Wildman–Crippen MR) is 112 cm³/mol. The number of aromatic hydroxyl groups is 1. The third-order valence-corrected chi connectivity index (χ3v) is 6.47. The van der Waals surface area contributed by atoms with Gasteiger partial charge in [0, 0.05) is 4.47 Å². The average Bonchev–Trinajstić information content (AvgIpc) is 2.97. The standard InChI is InChI=1S/C18H14Br2N2O3S/c1-2-25-12-8-10(14(19)15(20)16(12)23)9-13-17(24)22-18(26-13)21-11-6-4-3-5-7-11/h3-9,23H,2H2,1H3,(H,21,22,24)/b13-9+. The molecule has 3 rings (SSSR count). The lowest BCUT2D eigenvalue weighted by atomic mass is 10.2. The van der Waals surface area contributed by atoms with E-state index in [1.807, 2.05) is 37.3 Å². The van der Waals surface area contributed by atoms with Crippen molar-refractivity contribution >= 4 is 66.5 Å². The van der Waals surface area contributed by atoms with Gasteiger partial charge in [0.05, 0.1) is 21.7 Å². The number of carbonyl (C=O) groups is 1. The summed E-state index contributed by atoms with van der Waals surface area (Å²) in [5.41, 5.74) is 1.47. The van der Waals surface area contributed by atoms with E-state index < -0.39 is 0 Å². The first kappa shape index (κ1) is 19.0. The van der Waals surface area contributed by atoms with Crippen LogP contribution in [0.1, 0.15) is 12.5 Å². The summed E-state index contributed by atoms with van der Waals surface area (Å²) in [5, 5.41) is 13.4. The molecule has 1 heterocycles. The molecule has 5 nitrogen and oxygen atoms in total. The van der Waals surface area contributed by atoms with Crippen molar-refractivity contribution in [3.8, 4) is 11.5 Å². The van der Waals surface area contributed by atoms with Crippen LogP contribution in [0.4, 0.5) is 5.69 Å². The molecule has 0 spiro atoms. The summed E-state index contributed by atoms with van der Waals surface area (Å²) in [7, 11) is 0. The minimum Gasteiger partial charge on any atom is -0.503 e. The number of rotatable bonds is 4. The largest absolute Gasteiger partial charge is 0.503 e.